The van der Waals surface area contributed by atoms with Crippen molar-refractivity contribution in [3.8, 4) is 22.4 Å². The van der Waals surface area contributed by atoms with E-state index in [1.54, 1.807) is 0 Å². The first-order valence-electron chi connectivity index (χ1n) is 11.3. The smallest absolute Gasteiger partial charge is 0.203 e. The second kappa shape index (κ2) is 9.33. The highest BCUT2D eigenvalue weighted by molar-refractivity contribution is 7.98. The van der Waals surface area contributed by atoms with E-state index in [2.05, 4.69) is 79.7 Å². The SMILES string of the molecule is CSc1ncc2cc(-c3ccccc3)c(-c3ccc(CN4CC(c5nnc(N)s5)C4)cc3)nc2n1. The lowest BCUT2D eigenvalue weighted by Gasteiger charge is -2.37. The van der Waals surface area contributed by atoms with Crippen LogP contribution in [0.25, 0.3) is 33.4 Å². The molecule has 7 nitrogen and oxygen atoms in total. The topological polar surface area (TPSA) is 93.7 Å². The number of nitrogen functional groups attached to an aromatic ring is 1. The summed E-state index contributed by atoms with van der Waals surface area (Å²) >= 11 is 3.01. The Hall–Kier alpha value is -3.40. The van der Waals surface area contributed by atoms with Gasteiger partial charge in [0.15, 0.2) is 10.8 Å². The number of nitrogens with zero attached hydrogens (tertiary/aromatic N) is 6. The van der Waals surface area contributed by atoms with Crippen LogP contribution in [0.4, 0.5) is 5.13 Å². The summed E-state index contributed by atoms with van der Waals surface area (Å²) in [5.41, 5.74) is 11.9. The number of hydrogen-bond donors (Lipinski definition) is 1. The molecule has 2 aromatic carbocycles. The number of likely N-dealkylation sites (tertiary alicyclic amines) is 1. The van der Waals surface area contributed by atoms with Crippen LogP contribution >= 0.6 is 23.1 Å². The molecular formula is C26H23N7S2. The second-order valence-corrected chi connectivity index (χ2v) is 10.4. The summed E-state index contributed by atoms with van der Waals surface area (Å²) in [7, 11) is 0. The molecule has 2 N–H and O–H groups in total. The summed E-state index contributed by atoms with van der Waals surface area (Å²) in [5.74, 6) is 0.437. The molecule has 0 amide bonds. The van der Waals surface area contributed by atoms with E-state index in [-0.39, 0.29) is 0 Å². The lowest BCUT2D eigenvalue weighted by atomic mass is 9.97. The summed E-state index contributed by atoms with van der Waals surface area (Å²) in [6.07, 6.45) is 3.83. The number of aromatic nitrogens is 5. The van der Waals surface area contributed by atoms with Crippen LogP contribution in [0.2, 0.25) is 0 Å². The van der Waals surface area contributed by atoms with Gasteiger partial charge in [-0.25, -0.2) is 15.0 Å². The normalized spacial score (nSPS) is 14.3. The first kappa shape index (κ1) is 22.1. The summed E-state index contributed by atoms with van der Waals surface area (Å²) in [5, 5.41) is 11.4. The van der Waals surface area contributed by atoms with Gasteiger partial charge in [-0.15, -0.1) is 10.2 Å². The highest BCUT2D eigenvalue weighted by Crippen LogP contribution is 2.34. The van der Waals surface area contributed by atoms with Crippen molar-refractivity contribution in [1.82, 2.24) is 30.0 Å². The van der Waals surface area contributed by atoms with Crippen molar-refractivity contribution in [1.29, 1.82) is 0 Å². The molecule has 0 radical (unpaired) electrons. The van der Waals surface area contributed by atoms with Gasteiger partial charge in [-0.2, -0.15) is 0 Å². The summed E-state index contributed by atoms with van der Waals surface area (Å²) in [4.78, 5) is 16.5. The Balaban J connectivity index is 1.27. The maximum atomic E-state index is 5.73. The van der Waals surface area contributed by atoms with Crippen LogP contribution in [-0.2, 0) is 6.54 Å². The van der Waals surface area contributed by atoms with E-state index in [4.69, 9.17) is 10.7 Å². The van der Waals surface area contributed by atoms with Crippen molar-refractivity contribution in [3.05, 3.63) is 77.4 Å². The molecule has 3 aromatic heterocycles. The third kappa shape index (κ3) is 4.50. The molecule has 0 aliphatic carbocycles. The largest absolute Gasteiger partial charge is 0.374 e. The Morgan fingerprint density at radius 3 is 2.51 bits per heavy atom. The molecule has 1 saturated heterocycles. The van der Waals surface area contributed by atoms with Gasteiger partial charge in [-0.1, -0.05) is 77.7 Å². The van der Waals surface area contributed by atoms with E-state index in [1.165, 1.54) is 28.7 Å². The highest BCUT2D eigenvalue weighted by atomic mass is 32.2. The van der Waals surface area contributed by atoms with Crippen molar-refractivity contribution in [2.45, 2.75) is 17.6 Å². The minimum atomic E-state index is 0.437. The summed E-state index contributed by atoms with van der Waals surface area (Å²) in [6, 6.07) is 21.2. The van der Waals surface area contributed by atoms with Gasteiger partial charge in [0, 0.05) is 48.3 Å². The predicted octanol–water partition coefficient (Wildman–Crippen LogP) is 5.11. The number of anilines is 1. The Labute approximate surface area is 211 Å². The Morgan fingerprint density at radius 2 is 1.80 bits per heavy atom. The highest BCUT2D eigenvalue weighted by Gasteiger charge is 2.30. The van der Waals surface area contributed by atoms with E-state index >= 15 is 0 Å². The van der Waals surface area contributed by atoms with Crippen molar-refractivity contribution >= 4 is 39.3 Å². The minimum absolute atomic E-state index is 0.437. The van der Waals surface area contributed by atoms with E-state index in [0.717, 1.165) is 57.6 Å². The average molecular weight is 498 g/mol. The lowest BCUT2D eigenvalue weighted by Crippen LogP contribution is -2.44. The fourth-order valence-electron chi connectivity index (χ4n) is 4.40. The van der Waals surface area contributed by atoms with Crippen molar-refractivity contribution in [3.63, 3.8) is 0 Å². The molecule has 6 rings (SSSR count). The Bertz CT molecular complexity index is 1480. The summed E-state index contributed by atoms with van der Waals surface area (Å²) in [6.45, 7) is 2.88. The van der Waals surface area contributed by atoms with Gasteiger partial charge in [-0.3, -0.25) is 4.90 Å². The molecule has 35 heavy (non-hydrogen) atoms. The van der Waals surface area contributed by atoms with Crippen LogP contribution in [0.3, 0.4) is 0 Å². The Morgan fingerprint density at radius 1 is 1.00 bits per heavy atom. The molecule has 0 bridgehead atoms. The molecule has 1 aliphatic heterocycles. The molecule has 0 unspecified atom stereocenters. The van der Waals surface area contributed by atoms with Gasteiger partial charge < -0.3 is 5.73 Å². The van der Waals surface area contributed by atoms with E-state index in [0.29, 0.717) is 16.7 Å². The molecular weight excluding hydrogens is 474 g/mol. The first-order chi connectivity index (χ1) is 17.2. The standard InChI is InChI=1S/C26H23N7S2/c1-34-26-28-12-19-11-21(17-5-3-2-4-6-17)22(29-23(19)30-26)18-9-7-16(8-10-18)13-33-14-20(15-33)24-31-32-25(27)35-24/h2-12,20H,13-15H2,1H3,(H2,27,32). The van der Waals surface area contributed by atoms with Gasteiger partial charge >= 0.3 is 0 Å². The third-order valence-corrected chi connectivity index (χ3v) is 7.69. The molecule has 5 aromatic rings. The van der Waals surface area contributed by atoms with Gasteiger partial charge in [-0.05, 0) is 23.4 Å². The maximum absolute atomic E-state index is 5.73. The number of rotatable bonds is 6. The van der Waals surface area contributed by atoms with Gasteiger partial charge in [0.05, 0.1) is 5.69 Å². The van der Waals surface area contributed by atoms with Gasteiger partial charge in [0.2, 0.25) is 5.13 Å². The first-order valence-corrected chi connectivity index (χ1v) is 13.4. The lowest BCUT2D eigenvalue weighted by molar-refractivity contribution is 0.139. The fourth-order valence-corrected chi connectivity index (χ4v) is 5.43. The maximum Gasteiger partial charge on any atom is 0.203 e. The predicted molar refractivity (Wildman–Crippen MR) is 142 cm³/mol. The molecule has 174 valence electrons. The molecule has 4 heterocycles. The number of nitrogens with two attached hydrogens (primary N) is 1. The van der Waals surface area contributed by atoms with Gasteiger partial charge in [0.1, 0.15) is 5.01 Å². The zero-order valence-electron chi connectivity index (χ0n) is 19.1. The van der Waals surface area contributed by atoms with Crippen LogP contribution in [0.1, 0.15) is 16.5 Å². The van der Waals surface area contributed by atoms with Crippen LogP contribution in [0.15, 0.2) is 72.0 Å². The average Bonchev–Trinajstić information content (AvgIpc) is 3.31. The molecule has 9 heteroatoms. The number of fused-ring (bicyclic) bond motifs is 1. The van der Waals surface area contributed by atoms with Crippen LogP contribution in [0, 0.1) is 0 Å². The monoisotopic (exact) mass is 497 g/mol. The van der Waals surface area contributed by atoms with Crippen LogP contribution in [-0.4, -0.2) is 49.4 Å². The quantitative estimate of drug-likeness (QED) is 0.255. The van der Waals surface area contributed by atoms with Crippen molar-refractivity contribution in [2.75, 3.05) is 25.1 Å². The molecule has 1 fully saturated rings. The van der Waals surface area contributed by atoms with Crippen LogP contribution in [0.5, 0.6) is 0 Å². The number of thioether (sulfide) groups is 1. The summed E-state index contributed by atoms with van der Waals surface area (Å²) < 4.78 is 0. The Kier molecular flexibility index (Phi) is 5.89. The van der Waals surface area contributed by atoms with Crippen LogP contribution < -0.4 is 5.73 Å². The van der Waals surface area contributed by atoms with Crippen molar-refractivity contribution < 1.29 is 0 Å². The molecule has 0 atom stereocenters. The number of hydrogen-bond acceptors (Lipinski definition) is 9. The van der Waals surface area contributed by atoms with Gasteiger partial charge in [0.25, 0.3) is 0 Å². The molecule has 1 aliphatic rings. The van der Waals surface area contributed by atoms with Crippen molar-refractivity contribution in [2.24, 2.45) is 0 Å². The number of benzene rings is 2. The third-order valence-electron chi connectivity index (χ3n) is 6.21. The van der Waals surface area contributed by atoms with E-state index in [1.807, 2.05) is 18.5 Å². The molecule has 0 spiro atoms. The zero-order chi connectivity index (χ0) is 23.8. The van der Waals surface area contributed by atoms with E-state index in [9.17, 15) is 0 Å². The van der Waals surface area contributed by atoms with E-state index < -0.39 is 0 Å². The zero-order valence-corrected chi connectivity index (χ0v) is 20.8. The minimum Gasteiger partial charge on any atom is -0.374 e. The number of pyridine rings is 1. The molecule has 0 saturated carbocycles. The second-order valence-electron chi connectivity index (χ2n) is 8.59. The fraction of sp³-hybridized carbons (Fsp3) is 0.192.